The van der Waals surface area contributed by atoms with E-state index in [9.17, 15) is 9.59 Å². The lowest BCUT2D eigenvalue weighted by Crippen LogP contribution is -2.38. The van der Waals surface area contributed by atoms with Crippen LogP contribution in [0.3, 0.4) is 0 Å². The van der Waals surface area contributed by atoms with Crippen LogP contribution in [-0.2, 0) is 16.6 Å². The molecule has 0 saturated carbocycles. The first-order chi connectivity index (χ1) is 13.4. The van der Waals surface area contributed by atoms with E-state index in [1.807, 2.05) is 18.2 Å². The van der Waals surface area contributed by atoms with E-state index >= 15 is 0 Å². The van der Waals surface area contributed by atoms with Crippen LogP contribution in [0.2, 0.25) is 0 Å². The molecule has 1 N–H and O–H groups in total. The zero-order valence-electron chi connectivity index (χ0n) is 16.1. The summed E-state index contributed by atoms with van der Waals surface area (Å²) in [5, 5.41) is 8.90. The Bertz CT molecular complexity index is 894. The van der Waals surface area contributed by atoms with Crippen molar-refractivity contribution in [1.82, 2.24) is 0 Å². The molecule has 0 atom stereocenters. The number of fused-ring (bicyclic) bond motifs is 1. The quantitative estimate of drug-likeness (QED) is 0.520. The highest BCUT2D eigenvalue weighted by atomic mass is 79.9. The molecule has 0 saturated heterocycles. The fraction of sp³-hybridized carbons (Fsp3) is 0.364. The number of hydrogen-bond acceptors (Lipinski definition) is 4. The van der Waals surface area contributed by atoms with Crippen LogP contribution >= 0.6 is 15.9 Å². The van der Waals surface area contributed by atoms with Gasteiger partial charge in [-0.05, 0) is 51.7 Å². The lowest BCUT2D eigenvalue weighted by molar-refractivity contribution is 0.0642. The number of anilines is 1. The minimum Gasteiger partial charge on any atom is -0.394 e. The van der Waals surface area contributed by atoms with Crippen molar-refractivity contribution in [2.24, 2.45) is 0 Å². The lowest BCUT2D eigenvalue weighted by Gasteiger charge is -2.32. The Labute approximate surface area is 173 Å². The molecule has 1 aliphatic heterocycles. The van der Waals surface area contributed by atoms with Gasteiger partial charge in [0.2, 0.25) is 0 Å². The summed E-state index contributed by atoms with van der Waals surface area (Å²) < 4.78 is 6.20. The largest absolute Gasteiger partial charge is 0.394 e. The van der Waals surface area contributed by atoms with Gasteiger partial charge in [-0.25, -0.2) is 0 Å². The van der Waals surface area contributed by atoms with E-state index in [4.69, 9.17) is 9.84 Å². The zero-order chi connectivity index (χ0) is 20.3. The van der Waals surface area contributed by atoms with Crippen LogP contribution in [0.25, 0.3) is 0 Å². The van der Waals surface area contributed by atoms with Crippen LogP contribution in [-0.4, -0.2) is 43.7 Å². The van der Waals surface area contributed by atoms with E-state index in [1.54, 1.807) is 17.0 Å². The van der Waals surface area contributed by atoms with Crippen LogP contribution < -0.4 is 4.90 Å². The van der Waals surface area contributed by atoms with Crippen molar-refractivity contribution in [2.75, 3.05) is 31.3 Å². The van der Waals surface area contributed by atoms with Crippen molar-refractivity contribution >= 4 is 33.8 Å². The third-order valence-corrected chi connectivity index (χ3v) is 5.80. The molecule has 6 heteroatoms. The maximum Gasteiger partial charge on any atom is 0.258 e. The number of aliphatic hydroxyl groups excluding tert-OH is 1. The van der Waals surface area contributed by atoms with Gasteiger partial charge in [-0.1, -0.05) is 32.0 Å². The summed E-state index contributed by atoms with van der Waals surface area (Å²) in [6.07, 6.45) is 1.49. The summed E-state index contributed by atoms with van der Waals surface area (Å²) in [5.74, 6) is -0.0941. The van der Waals surface area contributed by atoms with Crippen molar-refractivity contribution in [3.05, 3.63) is 63.1 Å². The molecule has 2 aromatic rings. The maximum absolute atomic E-state index is 13.1. The van der Waals surface area contributed by atoms with Gasteiger partial charge in [-0.2, -0.15) is 0 Å². The molecule has 3 rings (SSSR count). The van der Waals surface area contributed by atoms with Crippen LogP contribution in [0, 0.1) is 0 Å². The molecule has 1 amide bonds. The molecule has 0 radical (unpaired) electrons. The van der Waals surface area contributed by atoms with Crippen molar-refractivity contribution in [3.8, 4) is 0 Å². The number of halogens is 1. The first-order valence-corrected chi connectivity index (χ1v) is 10.1. The topological polar surface area (TPSA) is 66.8 Å². The Hall–Kier alpha value is -2.02. The van der Waals surface area contributed by atoms with E-state index in [2.05, 4.69) is 35.8 Å². The molecule has 1 aliphatic rings. The van der Waals surface area contributed by atoms with Gasteiger partial charge in [-0.3, -0.25) is 9.59 Å². The second kappa shape index (κ2) is 8.55. The summed E-state index contributed by atoms with van der Waals surface area (Å²) in [7, 11) is 0. The second-order valence-electron chi connectivity index (χ2n) is 7.53. The number of amides is 1. The molecule has 28 heavy (non-hydrogen) atoms. The molecule has 0 aliphatic carbocycles. The number of ether oxygens (including phenoxy) is 1. The van der Waals surface area contributed by atoms with Gasteiger partial charge in [0.25, 0.3) is 5.91 Å². The molecular weight excluding hydrogens is 422 g/mol. The van der Waals surface area contributed by atoms with Crippen LogP contribution in [0.4, 0.5) is 5.69 Å². The zero-order valence-corrected chi connectivity index (χ0v) is 17.7. The van der Waals surface area contributed by atoms with Gasteiger partial charge in [0, 0.05) is 22.0 Å². The van der Waals surface area contributed by atoms with E-state index < -0.39 is 0 Å². The van der Waals surface area contributed by atoms with Gasteiger partial charge in [0.05, 0.1) is 31.1 Å². The van der Waals surface area contributed by atoms with Crippen LogP contribution in [0.1, 0.15) is 45.7 Å². The number of carbonyl (C=O) groups excluding carboxylic acids is 2. The first-order valence-electron chi connectivity index (χ1n) is 9.26. The van der Waals surface area contributed by atoms with E-state index in [1.165, 1.54) is 0 Å². The van der Waals surface area contributed by atoms with Crippen LogP contribution in [0.15, 0.2) is 40.9 Å². The number of rotatable bonds is 7. The maximum atomic E-state index is 13.1. The Kier molecular flexibility index (Phi) is 6.33. The Morgan fingerprint density at radius 2 is 2.07 bits per heavy atom. The Morgan fingerprint density at radius 3 is 2.79 bits per heavy atom. The highest BCUT2D eigenvalue weighted by molar-refractivity contribution is 9.10. The normalized spacial score (nSPS) is 14.1. The predicted octanol–water partition coefficient (Wildman–Crippen LogP) is 3.75. The number of hydrogen-bond donors (Lipinski definition) is 1. The molecule has 2 aromatic carbocycles. The fourth-order valence-corrected chi connectivity index (χ4v) is 3.94. The molecule has 148 valence electrons. The summed E-state index contributed by atoms with van der Waals surface area (Å²) in [6.45, 7) is 5.50. The highest BCUT2D eigenvalue weighted by Crippen LogP contribution is 2.32. The molecule has 0 spiro atoms. The molecule has 0 fully saturated rings. The highest BCUT2D eigenvalue weighted by Gasteiger charge is 2.29. The molecule has 5 nitrogen and oxygen atoms in total. The average Bonchev–Trinajstić information content (AvgIpc) is 2.68. The minimum atomic E-state index is -0.223. The van der Waals surface area contributed by atoms with E-state index in [-0.39, 0.29) is 17.9 Å². The molecule has 1 heterocycles. The van der Waals surface area contributed by atoms with Crippen molar-refractivity contribution in [2.45, 2.75) is 25.7 Å². The molecule has 0 aromatic heterocycles. The number of aldehydes is 1. The smallest absolute Gasteiger partial charge is 0.258 e. The number of nitrogens with zero attached hydrogens (tertiary/aromatic N) is 1. The second-order valence-corrected chi connectivity index (χ2v) is 8.38. The summed E-state index contributed by atoms with van der Waals surface area (Å²) in [5.41, 5.74) is 3.66. The average molecular weight is 446 g/mol. The number of aliphatic hydroxyl groups is 1. The summed E-state index contributed by atoms with van der Waals surface area (Å²) in [6, 6.07) is 11.3. The standard InChI is InChI=1S/C22H24BrNO4/c1-22(2,14-28-11-10-25)16-6-7-17-15(12-16)8-9-24(21(17)27)20-5-3-4-19(23)18(20)13-26/h3-7,12-13,25H,8-11,14H2,1-2H3. The summed E-state index contributed by atoms with van der Waals surface area (Å²) >= 11 is 3.39. The van der Waals surface area contributed by atoms with Gasteiger partial charge in [-0.15, -0.1) is 0 Å². The van der Waals surface area contributed by atoms with Gasteiger partial charge >= 0.3 is 0 Å². The first kappa shape index (κ1) is 20.7. The van der Waals surface area contributed by atoms with Crippen LogP contribution in [0.5, 0.6) is 0 Å². The Balaban J connectivity index is 1.89. The monoisotopic (exact) mass is 445 g/mol. The molecule has 0 bridgehead atoms. The van der Waals surface area contributed by atoms with E-state index in [0.29, 0.717) is 47.5 Å². The third kappa shape index (κ3) is 4.04. The molecule has 0 unspecified atom stereocenters. The minimum absolute atomic E-state index is 0.00296. The fourth-order valence-electron chi connectivity index (χ4n) is 3.49. The van der Waals surface area contributed by atoms with Crippen molar-refractivity contribution in [3.63, 3.8) is 0 Å². The van der Waals surface area contributed by atoms with E-state index in [0.717, 1.165) is 17.4 Å². The third-order valence-electron chi connectivity index (χ3n) is 5.10. The SMILES string of the molecule is CC(C)(COCCO)c1ccc2c(c1)CCN(c1cccc(Br)c1C=O)C2=O. The lowest BCUT2D eigenvalue weighted by atomic mass is 9.82. The number of benzene rings is 2. The van der Waals surface area contributed by atoms with Gasteiger partial charge in [0.1, 0.15) is 0 Å². The Morgan fingerprint density at radius 1 is 1.29 bits per heavy atom. The molecular formula is C22H24BrNO4. The van der Waals surface area contributed by atoms with Gasteiger partial charge < -0.3 is 14.7 Å². The van der Waals surface area contributed by atoms with Crippen molar-refractivity contribution in [1.29, 1.82) is 0 Å². The predicted molar refractivity (Wildman–Crippen MR) is 112 cm³/mol. The summed E-state index contributed by atoms with van der Waals surface area (Å²) in [4.78, 5) is 26.3. The van der Waals surface area contributed by atoms with Gasteiger partial charge in [0.15, 0.2) is 6.29 Å². The van der Waals surface area contributed by atoms with Crippen molar-refractivity contribution < 1.29 is 19.4 Å². The number of carbonyl (C=O) groups is 2.